The van der Waals surface area contributed by atoms with Crippen LogP contribution in [-0.4, -0.2) is 16.7 Å². The summed E-state index contributed by atoms with van der Waals surface area (Å²) in [7, 11) is 0. The molecule has 6 heteroatoms. The molecule has 2 aromatic heterocycles. The smallest absolute Gasteiger partial charge is 0.241 e. The van der Waals surface area contributed by atoms with Crippen molar-refractivity contribution in [3.05, 3.63) is 187 Å². The van der Waals surface area contributed by atoms with Gasteiger partial charge < -0.3 is 19.4 Å². The van der Waals surface area contributed by atoms with Crippen LogP contribution in [0.5, 0.6) is 23.0 Å². The molecule has 2 aliphatic heterocycles. The molecule has 10 rings (SSSR count). The average Bonchev–Trinajstić information content (AvgIpc) is 3.26. The summed E-state index contributed by atoms with van der Waals surface area (Å²) in [4.78, 5) is 8.95. The van der Waals surface area contributed by atoms with Crippen LogP contribution < -0.4 is 25.9 Å². The van der Waals surface area contributed by atoms with E-state index in [1.165, 1.54) is 18.3 Å². The van der Waals surface area contributed by atoms with Crippen molar-refractivity contribution < 1.29 is 37.8 Å². The Morgan fingerprint density at radius 3 is 2.15 bits per heavy atom. The molecule has 4 nitrogen and oxygen atoms in total. The third kappa shape index (κ3) is 6.67. The predicted molar refractivity (Wildman–Crippen MR) is 215 cm³/mol. The molecule has 4 heterocycles. The summed E-state index contributed by atoms with van der Waals surface area (Å²) in [5.74, 6) is 3.36. The molecule has 0 fully saturated rings. The van der Waals surface area contributed by atoms with Crippen LogP contribution in [0.15, 0.2) is 164 Å². The Balaban J connectivity index is 0.000000169. The number of pyridine rings is 2. The molecule has 0 amide bonds. The Hall–Kier alpha value is -6.07. The van der Waals surface area contributed by atoms with E-state index in [1.54, 1.807) is 12.1 Å². The number of ether oxygens (including phenoxy) is 2. The fourth-order valence-electron chi connectivity index (χ4n) is 6.95. The maximum absolute atomic E-state index is 7.76. The van der Waals surface area contributed by atoms with Gasteiger partial charge in [-0.25, -0.2) is 0 Å². The summed E-state index contributed by atoms with van der Waals surface area (Å²) in [6.45, 7) is -4.44. The van der Waals surface area contributed by atoms with Gasteiger partial charge in [-0.2, -0.15) is 0 Å². The molecule has 8 aromatic rings. The zero-order chi connectivity index (χ0) is 40.7. The molecule has 54 heavy (non-hydrogen) atoms. The van der Waals surface area contributed by atoms with Crippen molar-refractivity contribution in [1.82, 2.24) is 9.97 Å². The van der Waals surface area contributed by atoms with Gasteiger partial charge in [-0.05, 0) is 75.8 Å². The Morgan fingerprint density at radius 1 is 0.611 bits per heavy atom. The molecule has 6 aromatic carbocycles. The number of benzene rings is 6. The summed E-state index contributed by atoms with van der Waals surface area (Å²) in [6, 6.07) is 54.6. The Bertz CT molecular complexity index is 2820. The number of nitrogens with zero attached hydrogens (tertiary/aromatic N) is 2. The number of hydrogen-bond donors (Lipinski definition) is 0. The van der Waals surface area contributed by atoms with Crippen LogP contribution in [0.3, 0.4) is 0 Å². The maximum Gasteiger partial charge on any atom is 0.241 e. The summed E-state index contributed by atoms with van der Waals surface area (Å²) in [6.07, 6.45) is 3.21. The average molecular weight is 879 g/mol. The standard InChI is InChI=1S/C29H17BNO2.C19H16N.Ir/c1-2-8-19(9-3-1)20-16-17-31-24(18-20)21-10-6-12-23-29(21)33-27-15-7-14-26-28(27)30(23)22-11-4-5-13-25(22)32-26;1-14-8-10-17(11-9-14)19-12-18(15(2)13-20-19)16-6-4-3-5-7-16;/h1-9,11-18H;3-10,12-13H,1-2H3;/q2*-1;/i;1D3,2D3;. The molecule has 0 saturated carbocycles. The fraction of sp³-hybridized carbons (Fsp3) is 0.0417. The van der Waals surface area contributed by atoms with Crippen LogP contribution >= 0.6 is 0 Å². The molecule has 0 saturated heterocycles. The van der Waals surface area contributed by atoms with Gasteiger partial charge in [0.15, 0.2) is 0 Å². The first-order valence-corrected chi connectivity index (χ1v) is 17.3. The van der Waals surface area contributed by atoms with Gasteiger partial charge >= 0.3 is 0 Å². The van der Waals surface area contributed by atoms with E-state index >= 15 is 0 Å². The number of para-hydroxylation sites is 1. The van der Waals surface area contributed by atoms with E-state index in [-0.39, 0.29) is 37.9 Å². The number of fused-ring (bicyclic) bond motifs is 4. The minimum atomic E-state index is -2.29. The van der Waals surface area contributed by atoms with Gasteiger partial charge in [-0.3, -0.25) is 0 Å². The molecular weight excluding hydrogens is 840 g/mol. The van der Waals surface area contributed by atoms with Crippen LogP contribution in [0.1, 0.15) is 19.4 Å². The number of aromatic nitrogens is 2. The van der Waals surface area contributed by atoms with Gasteiger partial charge in [0.25, 0.3) is 0 Å². The SMILES string of the molecule is [2H]C([2H])([2H])c1c[c-]c(-c2cc(-c3ccccc3)c(C([2H])([2H])[2H])cn2)cc1.[Ir].[c-]1ccc2c(c1-c1cc(-c3ccccc3)ccn1)Oc1cccc3c1B2c1ccccc1O3. The van der Waals surface area contributed by atoms with Crippen LogP contribution in [0.25, 0.3) is 44.8 Å². The van der Waals surface area contributed by atoms with Gasteiger partial charge in [-0.1, -0.05) is 109 Å². The first-order valence-electron chi connectivity index (χ1n) is 20.3. The van der Waals surface area contributed by atoms with Crippen LogP contribution in [0.4, 0.5) is 0 Å². The molecule has 0 N–H and O–H groups in total. The summed E-state index contributed by atoms with van der Waals surface area (Å²) >= 11 is 0. The maximum atomic E-state index is 7.76. The van der Waals surface area contributed by atoms with Crippen molar-refractivity contribution in [3.8, 4) is 67.8 Å². The number of hydrogen-bond acceptors (Lipinski definition) is 4. The van der Waals surface area contributed by atoms with Crippen LogP contribution in [0, 0.1) is 25.8 Å². The molecule has 2 aliphatic rings. The molecule has 0 bridgehead atoms. The van der Waals surface area contributed by atoms with Crippen molar-refractivity contribution in [2.45, 2.75) is 13.7 Å². The van der Waals surface area contributed by atoms with Crippen molar-refractivity contribution in [2.75, 3.05) is 0 Å². The first kappa shape index (κ1) is 28.4. The molecule has 0 spiro atoms. The topological polar surface area (TPSA) is 44.2 Å². The van der Waals surface area contributed by atoms with Crippen molar-refractivity contribution in [3.63, 3.8) is 0 Å². The second kappa shape index (κ2) is 15.1. The Labute approximate surface area is 338 Å². The fourth-order valence-corrected chi connectivity index (χ4v) is 6.95. The predicted octanol–water partition coefficient (Wildman–Crippen LogP) is 9.77. The third-order valence-corrected chi connectivity index (χ3v) is 9.47. The number of aryl methyl sites for hydroxylation is 2. The van der Waals surface area contributed by atoms with E-state index < -0.39 is 13.7 Å². The third-order valence-electron chi connectivity index (χ3n) is 9.47. The van der Waals surface area contributed by atoms with Gasteiger partial charge in [0.05, 0.1) is 0 Å². The van der Waals surface area contributed by atoms with E-state index in [4.69, 9.17) is 22.7 Å². The summed E-state index contributed by atoms with van der Waals surface area (Å²) in [5.41, 5.74) is 10.2. The van der Waals surface area contributed by atoms with Crippen molar-refractivity contribution >= 4 is 23.1 Å². The van der Waals surface area contributed by atoms with E-state index in [0.29, 0.717) is 16.8 Å². The normalized spacial score (nSPS) is 13.7. The first-order chi connectivity index (χ1) is 28.5. The minimum Gasteiger partial charge on any atom is -0.503 e. The van der Waals surface area contributed by atoms with Crippen LogP contribution in [-0.2, 0) is 20.1 Å². The molecule has 0 atom stereocenters. The van der Waals surface area contributed by atoms with Crippen LogP contribution in [0.2, 0.25) is 0 Å². The Kier molecular flexibility index (Phi) is 7.96. The molecule has 0 unspecified atom stereocenters. The van der Waals surface area contributed by atoms with E-state index in [0.717, 1.165) is 67.3 Å². The van der Waals surface area contributed by atoms with Gasteiger partial charge in [0, 0.05) is 51.9 Å². The second-order valence-corrected chi connectivity index (χ2v) is 12.7. The van der Waals surface area contributed by atoms with E-state index in [2.05, 4.69) is 53.5 Å². The van der Waals surface area contributed by atoms with Crippen molar-refractivity contribution in [1.29, 1.82) is 0 Å². The molecule has 0 aliphatic carbocycles. The second-order valence-electron chi connectivity index (χ2n) is 12.7. The largest absolute Gasteiger partial charge is 0.503 e. The zero-order valence-electron chi connectivity index (χ0n) is 34.7. The van der Waals surface area contributed by atoms with Gasteiger partial charge in [0.1, 0.15) is 17.2 Å². The Morgan fingerprint density at radius 2 is 1.37 bits per heavy atom. The minimum absolute atomic E-state index is 0. The zero-order valence-corrected chi connectivity index (χ0v) is 31.1. The summed E-state index contributed by atoms with van der Waals surface area (Å²) < 4.78 is 58.3. The molecule has 261 valence electrons. The van der Waals surface area contributed by atoms with E-state index in [1.807, 2.05) is 97.2 Å². The van der Waals surface area contributed by atoms with Gasteiger partial charge in [-0.15, -0.1) is 59.1 Å². The molecular formula is C48H33BIrN2O2-2. The molecule has 1 radical (unpaired) electrons. The number of rotatable bonds is 4. The van der Waals surface area contributed by atoms with Crippen molar-refractivity contribution in [2.24, 2.45) is 0 Å². The summed E-state index contributed by atoms with van der Waals surface area (Å²) in [5, 5.41) is 0. The van der Waals surface area contributed by atoms with Gasteiger partial charge in [0.2, 0.25) is 6.71 Å². The van der Waals surface area contributed by atoms with E-state index in [9.17, 15) is 0 Å². The quantitative estimate of drug-likeness (QED) is 0.131. The monoisotopic (exact) mass is 879 g/mol.